The van der Waals surface area contributed by atoms with E-state index in [0.29, 0.717) is 29.9 Å². The molecule has 1 fully saturated rings. The van der Waals surface area contributed by atoms with E-state index >= 15 is 0 Å². The SMILES string of the molecule is COc1cc(C)ccc1/C=C/C(=O)c1ccc(N)cc1.O=C(/C=C/c1ccc(O)cc1)c1ccc(N2CCN(O)CC2)cc1. The van der Waals surface area contributed by atoms with Gasteiger partial charge in [0.05, 0.1) is 7.11 Å². The average Bonchev–Trinajstić information content (AvgIpc) is 3.04. The molecule has 5 rings (SSSR count). The second kappa shape index (κ2) is 15.3. The third kappa shape index (κ3) is 9.16. The van der Waals surface area contributed by atoms with Crippen molar-refractivity contribution in [3.8, 4) is 11.5 Å². The smallest absolute Gasteiger partial charge is 0.185 e. The van der Waals surface area contributed by atoms with Gasteiger partial charge in [-0.1, -0.05) is 30.3 Å². The average molecular weight is 592 g/mol. The Kier molecular flexibility index (Phi) is 11.1. The summed E-state index contributed by atoms with van der Waals surface area (Å²) in [6, 6.07) is 26.9. The molecule has 0 aliphatic carbocycles. The highest BCUT2D eigenvalue weighted by Gasteiger charge is 2.15. The summed E-state index contributed by atoms with van der Waals surface area (Å²) in [5.41, 5.74) is 11.4. The summed E-state index contributed by atoms with van der Waals surface area (Å²) < 4.78 is 5.30. The molecule has 8 nitrogen and oxygen atoms in total. The van der Waals surface area contributed by atoms with Gasteiger partial charge in [0.1, 0.15) is 11.5 Å². The molecule has 4 aromatic carbocycles. The zero-order valence-corrected chi connectivity index (χ0v) is 24.9. The molecule has 0 radical (unpaired) electrons. The van der Waals surface area contributed by atoms with Gasteiger partial charge >= 0.3 is 0 Å². The molecule has 44 heavy (non-hydrogen) atoms. The van der Waals surface area contributed by atoms with Crippen LogP contribution in [0, 0.1) is 6.92 Å². The molecule has 0 bridgehead atoms. The number of benzene rings is 4. The number of hydrogen-bond donors (Lipinski definition) is 3. The van der Waals surface area contributed by atoms with E-state index < -0.39 is 0 Å². The molecule has 0 spiro atoms. The minimum Gasteiger partial charge on any atom is -0.508 e. The molecule has 4 N–H and O–H groups in total. The number of aromatic hydroxyl groups is 1. The van der Waals surface area contributed by atoms with Gasteiger partial charge in [0.25, 0.3) is 0 Å². The maximum absolute atomic E-state index is 12.2. The summed E-state index contributed by atoms with van der Waals surface area (Å²) in [5.74, 6) is 0.838. The van der Waals surface area contributed by atoms with Crippen molar-refractivity contribution in [1.82, 2.24) is 5.06 Å². The number of phenols is 1. The summed E-state index contributed by atoms with van der Waals surface area (Å²) in [7, 11) is 1.62. The number of aryl methyl sites for hydroxylation is 1. The molecular weight excluding hydrogens is 554 g/mol. The van der Waals surface area contributed by atoms with Gasteiger partial charge in [0.15, 0.2) is 11.6 Å². The fourth-order valence-electron chi connectivity index (χ4n) is 4.51. The summed E-state index contributed by atoms with van der Waals surface area (Å²) in [5, 5.41) is 20.0. The number of hydroxylamine groups is 2. The standard InChI is InChI=1S/C19H20N2O3.C17H17NO2/c22-18-8-1-15(2-9-18)3-10-19(23)16-4-6-17(7-5-16)20-11-13-21(24)14-12-20;1-12-3-4-14(17(11-12)20-2)7-10-16(19)13-5-8-15(18)9-6-13/h1-10,22,24H,11-14H2;3-11H,18H2,1-2H3/b10-3+;10-7+. The highest BCUT2D eigenvalue weighted by molar-refractivity contribution is 6.07. The van der Waals surface area contributed by atoms with Crippen molar-refractivity contribution in [3.05, 3.63) is 131 Å². The maximum Gasteiger partial charge on any atom is 0.185 e. The highest BCUT2D eigenvalue weighted by Crippen LogP contribution is 2.22. The van der Waals surface area contributed by atoms with Gasteiger partial charge in [-0.15, -0.1) is 0 Å². The van der Waals surface area contributed by atoms with E-state index in [-0.39, 0.29) is 17.3 Å². The Labute approximate surface area is 257 Å². The molecule has 0 atom stereocenters. The number of allylic oxidation sites excluding steroid dienone is 2. The Hall–Kier alpha value is -5.18. The summed E-state index contributed by atoms with van der Waals surface area (Å²) in [4.78, 5) is 26.4. The largest absolute Gasteiger partial charge is 0.508 e. The van der Waals surface area contributed by atoms with Crippen LogP contribution in [-0.4, -0.2) is 60.2 Å². The van der Waals surface area contributed by atoms with Crippen molar-refractivity contribution in [2.45, 2.75) is 6.92 Å². The van der Waals surface area contributed by atoms with Gasteiger partial charge in [-0.3, -0.25) is 9.59 Å². The van der Waals surface area contributed by atoms with Crippen LogP contribution >= 0.6 is 0 Å². The van der Waals surface area contributed by atoms with Crippen LogP contribution in [0.3, 0.4) is 0 Å². The number of ketones is 2. The number of nitrogens with two attached hydrogens (primary N) is 1. The Morgan fingerprint density at radius 2 is 1.34 bits per heavy atom. The zero-order valence-electron chi connectivity index (χ0n) is 24.9. The zero-order chi connectivity index (χ0) is 31.5. The predicted molar refractivity (Wildman–Crippen MR) is 175 cm³/mol. The van der Waals surface area contributed by atoms with Crippen LogP contribution in [0.25, 0.3) is 12.2 Å². The van der Waals surface area contributed by atoms with Crippen molar-refractivity contribution < 1.29 is 24.6 Å². The van der Waals surface area contributed by atoms with Crippen LogP contribution in [-0.2, 0) is 0 Å². The predicted octanol–water partition coefficient (Wildman–Crippen LogP) is 6.28. The highest BCUT2D eigenvalue weighted by atomic mass is 16.5. The number of rotatable bonds is 8. The monoisotopic (exact) mass is 591 g/mol. The molecule has 1 aliphatic heterocycles. The number of nitrogen functional groups attached to an aromatic ring is 1. The van der Waals surface area contributed by atoms with E-state index in [1.165, 1.54) is 11.1 Å². The third-order valence-electron chi connectivity index (χ3n) is 7.09. The van der Waals surface area contributed by atoms with Crippen LogP contribution < -0.4 is 15.4 Å². The Bertz CT molecular complexity index is 1600. The minimum absolute atomic E-state index is 0.0604. The van der Waals surface area contributed by atoms with Crippen LogP contribution in [0.2, 0.25) is 0 Å². The number of methoxy groups -OCH3 is 1. The van der Waals surface area contributed by atoms with Crippen LogP contribution in [0.4, 0.5) is 11.4 Å². The van der Waals surface area contributed by atoms with E-state index in [9.17, 15) is 19.9 Å². The fourth-order valence-corrected chi connectivity index (χ4v) is 4.51. The van der Waals surface area contributed by atoms with Crippen LogP contribution in [0.5, 0.6) is 11.5 Å². The van der Waals surface area contributed by atoms with Crippen molar-refractivity contribution in [2.24, 2.45) is 0 Å². The van der Waals surface area contributed by atoms with Crippen molar-refractivity contribution in [1.29, 1.82) is 0 Å². The summed E-state index contributed by atoms with van der Waals surface area (Å²) in [6.45, 7) is 4.77. The number of ether oxygens (including phenoxy) is 1. The Morgan fingerprint density at radius 3 is 1.93 bits per heavy atom. The lowest BCUT2D eigenvalue weighted by Gasteiger charge is -2.32. The van der Waals surface area contributed by atoms with Gasteiger partial charge in [-0.05, 0) is 103 Å². The number of anilines is 2. The normalized spacial score (nSPS) is 13.5. The molecule has 0 aromatic heterocycles. The second-order valence-corrected chi connectivity index (χ2v) is 10.3. The third-order valence-corrected chi connectivity index (χ3v) is 7.09. The molecule has 1 saturated heterocycles. The van der Waals surface area contributed by atoms with Gasteiger partial charge in [0, 0.05) is 54.2 Å². The molecule has 226 valence electrons. The molecule has 0 saturated carbocycles. The molecule has 8 heteroatoms. The quantitative estimate of drug-likeness (QED) is 0.125. The van der Waals surface area contributed by atoms with Gasteiger partial charge in [0.2, 0.25) is 0 Å². The first kappa shape index (κ1) is 31.7. The lowest BCUT2D eigenvalue weighted by atomic mass is 10.1. The Morgan fingerprint density at radius 1 is 0.773 bits per heavy atom. The molecule has 4 aromatic rings. The van der Waals surface area contributed by atoms with Crippen molar-refractivity contribution >= 4 is 35.1 Å². The molecule has 0 amide bonds. The topological polar surface area (TPSA) is 116 Å². The van der Waals surface area contributed by atoms with Crippen molar-refractivity contribution in [3.63, 3.8) is 0 Å². The number of carbonyl (C=O) groups excluding carboxylic acids is 2. The molecule has 1 heterocycles. The molecule has 1 aliphatic rings. The van der Waals surface area contributed by atoms with Crippen LogP contribution in [0.1, 0.15) is 37.4 Å². The van der Waals surface area contributed by atoms with E-state index in [1.54, 1.807) is 73.9 Å². The van der Waals surface area contributed by atoms with Crippen molar-refractivity contribution in [2.75, 3.05) is 43.9 Å². The van der Waals surface area contributed by atoms with Gasteiger partial charge in [-0.25, -0.2) is 0 Å². The first-order chi connectivity index (χ1) is 21.2. The summed E-state index contributed by atoms with van der Waals surface area (Å²) in [6.07, 6.45) is 6.57. The lowest BCUT2D eigenvalue weighted by molar-refractivity contribution is -0.0935. The minimum atomic E-state index is -0.0624. The summed E-state index contributed by atoms with van der Waals surface area (Å²) >= 11 is 0. The van der Waals surface area contributed by atoms with E-state index in [2.05, 4.69) is 4.90 Å². The maximum atomic E-state index is 12.2. The van der Waals surface area contributed by atoms with Gasteiger partial charge < -0.3 is 25.7 Å². The number of nitrogens with zero attached hydrogens (tertiary/aromatic N) is 2. The van der Waals surface area contributed by atoms with E-state index in [4.69, 9.17) is 10.5 Å². The number of hydrogen-bond acceptors (Lipinski definition) is 8. The molecular formula is C36H37N3O5. The number of piperazine rings is 1. The van der Waals surface area contributed by atoms with Gasteiger partial charge in [-0.2, -0.15) is 5.06 Å². The second-order valence-electron chi connectivity index (χ2n) is 10.3. The first-order valence-corrected chi connectivity index (χ1v) is 14.2. The van der Waals surface area contributed by atoms with E-state index in [0.717, 1.165) is 41.2 Å². The Balaban J connectivity index is 0.000000204. The first-order valence-electron chi connectivity index (χ1n) is 14.2. The van der Waals surface area contributed by atoms with E-state index in [1.807, 2.05) is 49.4 Å². The van der Waals surface area contributed by atoms with Crippen LogP contribution in [0.15, 0.2) is 103 Å². The lowest BCUT2D eigenvalue weighted by Crippen LogP contribution is -2.44. The molecule has 0 unspecified atom stereocenters. The number of carbonyl (C=O) groups is 2. The number of phenolic OH excluding ortho intramolecular Hbond substituents is 1. The fraction of sp³-hybridized carbons (Fsp3) is 0.167.